The summed E-state index contributed by atoms with van der Waals surface area (Å²) in [7, 11) is 0. The Morgan fingerprint density at radius 1 is 1.10 bits per heavy atom. The number of nitrogens with zero attached hydrogens (tertiary/aromatic N) is 7. The van der Waals surface area contributed by atoms with Crippen molar-refractivity contribution < 1.29 is 0 Å². The molecule has 0 bridgehead atoms. The Morgan fingerprint density at radius 2 is 1.90 bits per heavy atom. The first-order valence-electron chi connectivity index (χ1n) is 6.89. The van der Waals surface area contributed by atoms with Crippen molar-refractivity contribution in [1.29, 1.82) is 0 Å². The summed E-state index contributed by atoms with van der Waals surface area (Å²) in [5.74, 6) is 0.970. The predicted octanol–water partition coefficient (Wildman–Crippen LogP) is 1.22. The molecule has 3 aromatic heterocycles. The van der Waals surface area contributed by atoms with E-state index in [-0.39, 0.29) is 0 Å². The van der Waals surface area contributed by atoms with E-state index in [2.05, 4.69) is 35.5 Å². The lowest BCUT2D eigenvalue weighted by molar-refractivity contribution is 0.640. The number of aryl methyl sites for hydroxylation is 1. The van der Waals surface area contributed by atoms with E-state index in [1.165, 1.54) is 0 Å². The lowest BCUT2D eigenvalue weighted by Crippen LogP contribution is -2.46. The van der Waals surface area contributed by atoms with Crippen molar-refractivity contribution in [2.75, 3.05) is 36.0 Å². The van der Waals surface area contributed by atoms with Gasteiger partial charge in [-0.3, -0.25) is 0 Å². The van der Waals surface area contributed by atoms with E-state index >= 15 is 0 Å². The van der Waals surface area contributed by atoms with Gasteiger partial charge in [-0.05, 0) is 19.1 Å². The van der Waals surface area contributed by atoms with Crippen LogP contribution in [-0.2, 0) is 0 Å². The summed E-state index contributed by atoms with van der Waals surface area (Å²) in [5, 5.41) is 15.6. The maximum absolute atomic E-state index is 4.56. The first-order valence-corrected chi connectivity index (χ1v) is 7.77. The molecular weight excluding hydrogens is 286 g/mol. The summed E-state index contributed by atoms with van der Waals surface area (Å²) >= 11 is 1.72. The van der Waals surface area contributed by atoms with Crippen LogP contribution in [0.25, 0.3) is 5.65 Å². The average Bonchev–Trinajstić information content (AvgIpc) is 3.15. The summed E-state index contributed by atoms with van der Waals surface area (Å²) in [5.41, 5.74) is 1.87. The van der Waals surface area contributed by atoms with Gasteiger partial charge in [-0.1, -0.05) is 0 Å². The fourth-order valence-electron chi connectivity index (χ4n) is 2.50. The highest BCUT2D eigenvalue weighted by atomic mass is 32.1. The van der Waals surface area contributed by atoms with Crippen LogP contribution in [0, 0.1) is 6.92 Å². The SMILES string of the molecule is Cc1csc(N2CCN(c3ccc4nncn4n3)CC2)n1. The number of hydrogen-bond acceptors (Lipinski definition) is 7. The molecule has 0 unspecified atom stereocenters. The lowest BCUT2D eigenvalue weighted by Gasteiger charge is -2.35. The number of hydrogen-bond donors (Lipinski definition) is 0. The standard InChI is InChI=1S/C13H15N7S/c1-10-8-21-13(15-10)19-6-4-18(5-7-19)12-3-2-11-16-14-9-20(11)17-12/h2-3,8-9H,4-7H2,1H3. The van der Waals surface area contributed by atoms with Crippen molar-refractivity contribution in [3.05, 3.63) is 29.5 Å². The van der Waals surface area contributed by atoms with Gasteiger partial charge in [0.2, 0.25) is 0 Å². The third-order valence-corrected chi connectivity index (χ3v) is 4.65. The molecule has 0 aliphatic carbocycles. The van der Waals surface area contributed by atoms with Crippen LogP contribution in [0.2, 0.25) is 0 Å². The van der Waals surface area contributed by atoms with Gasteiger partial charge in [-0.25, -0.2) is 4.98 Å². The van der Waals surface area contributed by atoms with Crippen molar-refractivity contribution >= 4 is 27.9 Å². The summed E-state index contributed by atoms with van der Waals surface area (Å²) in [6, 6.07) is 3.96. The van der Waals surface area contributed by atoms with Crippen LogP contribution in [0.15, 0.2) is 23.8 Å². The molecule has 1 aliphatic rings. The van der Waals surface area contributed by atoms with Gasteiger partial charge in [-0.15, -0.1) is 26.6 Å². The zero-order chi connectivity index (χ0) is 14.2. The normalized spacial score (nSPS) is 15.9. The minimum atomic E-state index is 0.774. The highest BCUT2D eigenvalue weighted by Crippen LogP contribution is 2.22. The molecule has 1 aliphatic heterocycles. The van der Waals surface area contributed by atoms with Gasteiger partial charge in [0.1, 0.15) is 12.1 Å². The number of rotatable bonds is 2. The molecule has 0 spiro atoms. The van der Waals surface area contributed by atoms with Crippen molar-refractivity contribution in [1.82, 2.24) is 24.8 Å². The van der Waals surface area contributed by atoms with E-state index in [4.69, 9.17) is 0 Å². The van der Waals surface area contributed by atoms with Gasteiger partial charge in [0.15, 0.2) is 10.8 Å². The second kappa shape index (κ2) is 4.96. The summed E-state index contributed by atoms with van der Waals surface area (Å²) in [6.07, 6.45) is 1.63. The molecule has 0 amide bonds. The molecule has 7 nitrogen and oxygen atoms in total. The number of thiazole rings is 1. The van der Waals surface area contributed by atoms with Crippen molar-refractivity contribution in [3.8, 4) is 0 Å². The van der Waals surface area contributed by atoms with E-state index in [1.54, 1.807) is 22.2 Å². The van der Waals surface area contributed by atoms with Crippen LogP contribution in [0.1, 0.15) is 5.69 Å². The third-order valence-electron chi connectivity index (χ3n) is 3.63. The molecule has 21 heavy (non-hydrogen) atoms. The quantitative estimate of drug-likeness (QED) is 0.709. The molecule has 0 atom stereocenters. The minimum absolute atomic E-state index is 0.774. The smallest absolute Gasteiger partial charge is 0.185 e. The van der Waals surface area contributed by atoms with Gasteiger partial charge < -0.3 is 9.80 Å². The van der Waals surface area contributed by atoms with Gasteiger partial charge in [0.05, 0.1) is 5.69 Å². The Labute approximate surface area is 125 Å². The van der Waals surface area contributed by atoms with Gasteiger partial charge >= 0.3 is 0 Å². The van der Waals surface area contributed by atoms with Crippen LogP contribution in [0.3, 0.4) is 0 Å². The van der Waals surface area contributed by atoms with Crippen LogP contribution in [-0.4, -0.2) is 51.0 Å². The van der Waals surface area contributed by atoms with Crippen molar-refractivity contribution in [2.45, 2.75) is 6.92 Å². The maximum atomic E-state index is 4.56. The Balaban J connectivity index is 1.49. The first-order chi connectivity index (χ1) is 10.3. The summed E-state index contributed by atoms with van der Waals surface area (Å²) in [4.78, 5) is 9.18. The topological polar surface area (TPSA) is 62.5 Å². The lowest BCUT2D eigenvalue weighted by atomic mass is 10.3. The Hall–Kier alpha value is -2.22. The zero-order valence-corrected chi connectivity index (χ0v) is 12.5. The predicted molar refractivity (Wildman–Crippen MR) is 82.1 cm³/mol. The Bertz CT molecular complexity index is 757. The monoisotopic (exact) mass is 301 g/mol. The number of piperazine rings is 1. The molecule has 8 heteroatoms. The number of aromatic nitrogens is 5. The molecule has 108 valence electrons. The van der Waals surface area contributed by atoms with Gasteiger partial charge in [0, 0.05) is 31.6 Å². The second-order valence-corrected chi connectivity index (χ2v) is 5.91. The summed E-state index contributed by atoms with van der Waals surface area (Å²) < 4.78 is 1.71. The zero-order valence-electron chi connectivity index (χ0n) is 11.7. The molecule has 0 N–H and O–H groups in total. The van der Waals surface area contributed by atoms with Crippen LogP contribution in [0.5, 0.6) is 0 Å². The van der Waals surface area contributed by atoms with Crippen LogP contribution in [0.4, 0.5) is 10.9 Å². The number of anilines is 2. The molecule has 0 aromatic carbocycles. The maximum Gasteiger partial charge on any atom is 0.185 e. The minimum Gasteiger partial charge on any atom is -0.352 e. The van der Waals surface area contributed by atoms with Crippen molar-refractivity contribution in [2.24, 2.45) is 0 Å². The van der Waals surface area contributed by atoms with E-state index < -0.39 is 0 Å². The molecule has 3 aromatic rings. The molecule has 4 rings (SSSR count). The van der Waals surface area contributed by atoms with E-state index in [1.807, 2.05) is 19.1 Å². The summed E-state index contributed by atoms with van der Waals surface area (Å²) in [6.45, 7) is 5.86. The van der Waals surface area contributed by atoms with E-state index in [9.17, 15) is 0 Å². The Morgan fingerprint density at radius 3 is 2.67 bits per heavy atom. The fraction of sp³-hybridized carbons (Fsp3) is 0.385. The molecular formula is C13H15N7S. The van der Waals surface area contributed by atoms with Gasteiger partial charge in [0.25, 0.3) is 0 Å². The van der Waals surface area contributed by atoms with Crippen LogP contribution >= 0.6 is 11.3 Å². The molecule has 0 saturated carbocycles. The molecule has 0 radical (unpaired) electrons. The highest BCUT2D eigenvalue weighted by molar-refractivity contribution is 7.13. The van der Waals surface area contributed by atoms with E-state index in [0.717, 1.165) is 48.5 Å². The van der Waals surface area contributed by atoms with Gasteiger partial charge in [-0.2, -0.15) is 4.52 Å². The third kappa shape index (κ3) is 2.31. The Kier molecular flexibility index (Phi) is 2.95. The number of fused-ring (bicyclic) bond motifs is 1. The molecule has 1 saturated heterocycles. The first kappa shape index (κ1) is 12.5. The highest BCUT2D eigenvalue weighted by Gasteiger charge is 2.20. The van der Waals surface area contributed by atoms with E-state index in [0.29, 0.717) is 0 Å². The van der Waals surface area contributed by atoms with Crippen molar-refractivity contribution in [3.63, 3.8) is 0 Å². The largest absolute Gasteiger partial charge is 0.352 e. The molecule has 4 heterocycles. The second-order valence-electron chi connectivity index (χ2n) is 5.07. The average molecular weight is 301 g/mol. The van der Waals surface area contributed by atoms with Crippen LogP contribution < -0.4 is 9.80 Å². The fourth-order valence-corrected chi connectivity index (χ4v) is 3.36. The molecule has 1 fully saturated rings.